The Morgan fingerprint density at radius 2 is 0.286 bits per heavy atom. The monoisotopic (exact) mass is 2070 g/mol. The van der Waals surface area contributed by atoms with Gasteiger partial charge in [0.2, 0.25) is 0 Å². The average Bonchev–Trinajstić information content (AvgIpc) is 1.62. The number of fused-ring (bicyclic) bond motifs is 16. The van der Waals surface area contributed by atoms with E-state index in [4.69, 9.17) is 39.9 Å². The molecule has 12 aromatic carbocycles. The van der Waals surface area contributed by atoms with Crippen molar-refractivity contribution in [3.8, 4) is 89.0 Å². The molecular weight excluding hydrogens is 1970 g/mol. The summed E-state index contributed by atoms with van der Waals surface area (Å²) >= 11 is 3.88. The number of rotatable bonds is 12. The fourth-order valence-electron chi connectivity index (χ4n) is 17.0. The van der Waals surface area contributed by atoms with E-state index in [2.05, 4.69) is 444 Å². The molecule has 0 unspecified atom stereocenters. The van der Waals surface area contributed by atoms with Crippen LogP contribution in [-0.4, -0.2) is 33.5 Å². The summed E-state index contributed by atoms with van der Waals surface area (Å²) in [6, 6.07) is 128. The molecule has 16 bridgehead atoms. The van der Waals surface area contributed by atoms with E-state index in [1.807, 2.05) is 60.6 Å². The van der Waals surface area contributed by atoms with Gasteiger partial charge in [-0.3, -0.25) is 0 Å². The van der Waals surface area contributed by atoms with Crippen molar-refractivity contribution in [1.82, 2.24) is 39.9 Å². The Bertz CT molecular complexity index is 6580. The average molecular weight is 2070 g/mol. The van der Waals surface area contributed by atoms with Crippen molar-refractivity contribution in [2.24, 2.45) is 0 Å². The van der Waals surface area contributed by atoms with Gasteiger partial charge < -0.3 is 25.4 Å². The maximum absolute atomic E-state index is 5.37. The van der Waals surface area contributed by atoms with Gasteiger partial charge in [-0.1, -0.05) is 287 Å². The number of aryl methyl sites for hydroxylation is 8. The third-order valence-electron chi connectivity index (χ3n) is 24.0. The second-order valence-electron chi connectivity index (χ2n) is 33.7. The van der Waals surface area contributed by atoms with Crippen molar-refractivity contribution >= 4 is 101 Å². The van der Waals surface area contributed by atoms with Crippen molar-refractivity contribution < 1.29 is 41.8 Å². The predicted octanol–water partition coefficient (Wildman–Crippen LogP) is 28.4. The molecule has 4 aliphatic rings. The minimum atomic E-state index is 0. The van der Waals surface area contributed by atoms with Crippen LogP contribution in [0.5, 0.6) is 0 Å². The summed E-state index contributed by atoms with van der Waals surface area (Å²) in [5, 5.41) is 0. The van der Waals surface area contributed by atoms with Crippen LogP contribution in [0, 0.1) is 55.4 Å². The Morgan fingerprint density at radius 1 is 0.165 bits per heavy atom. The van der Waals surface area contributed by atoms with E-state index >= 15 is 0 Å². The first kappa shape index (κ1) is 88.5. The molecule has 10 heterocycles. The van der Waals surface area contributed by atoms with E-state index < -0.39 is 0 Å². The summed E-state index contributed by atoms with van der Waals surface area (Å²) in [5.41, 5.74) is 45.1. The molecule has 0 fully saturated rings. The number of aromatic nitrogens is 8. The van der Waals surface area contributed by atoms with Crippen molar-refractivity contribution in [3.05, 3.63) is 476 Å². The Kier molecular flexibility index (Phi) is 26.4. The van der Waals surface area contributed by atoms with E-state index in [1.54, 1.807) is 0 Å². The number of benzene rings is 12. The van der Waals surface area contributed by atoms with Crippen LogP contribution in [0.1, 0.15) is 112 Å². The van der Waals surface area contributed by atoms with Gasteiger partial charge in [-0.15, -0.1) is 44.1 Å². The van der Waals surface area contributed by atoms with Crippen molar-refractivity contribution in [2.75, 3.05) is 0 Å². The molecule has 0 atom stereocenters. The summed E-state index contributed by atoms with van der Waals surface area (Å²) in [6.45, 7) is 16.9. The topological polar surface area (TPSA) is 139 Å². The third kappa shape index (κ3) is 19.5. The van der Waals surface area contributed by atoms with Gasteiger partial charge in [0.05, 0.1) is 45.6 Å². The molecule has 0 spiro atoms. The van der Waals surface area contributed by atoms with Gasteiger partial charge >= 0.3 is 188 Å². The molecular formula is C122H94N8OOs2-4. The molecule has 0 aliphatic carbocycles. The molecule has 648 valence electrons. The molecule has 11 heteroatoms. The van der Waals surface area contributed by atoms with Gasteiger partial charge in [-0.2, -0.15) is 0 Å². The van der Waals surface area contributed by atoms with Crippen LogP contribution >= 0.6 is 0 Å². The molecule has 4 aliphatic heterocycles. The third-order valence-corrected chi connectivity index (χ3v) is 27.0. The second-order valence-corrected chi connectivity index (χ2v) is 36.3. The molecule has 22 rings (SSSR count). The van der Waals surface area contributed by atoms with Gasteiger partial charge in [0.1, 0.15) is 0 Å². The summed E-state index contributed by atoms with van der Waals surface area (Å²) in [7, 11) is 0. The quantitative estimate of drug-likeness (QED) is 0.118. The molecule has 0 radical (unpaired) electrons. The van der Waals surface area contributed by atoms with Gasteiger partial charge in [0, 0.05) is 0 Å². The molecule has 6 aromatic heterocycles. The minimum absolute atomic E-state index is 0. The van der Waals surface area contributed by atoms with Crippen LogP contribution in [-0.2, 0) is 36.3 Å². The number of hydrogen-bond donors (Lipinski definition) is 0. The first-order valence-corrected chi connectivity index (χ1v) is 47.0. The van der Waals surface area contributed by atoms with Crippen LogP contribution in [0.25, 0.3) is 182 Å². The van der Waals surface area contributed by atoms with Crippen molar-refractivity contribution in [1.29, 1.82) is 0 Å². The standard InChI is InChI=1S/2C48H36N4.2C13H10.H2O.2Os/c2*1-29-5-13-33(14-6-29)45-37-21-23-39(49-37)46(34-15-7-30(2)8-16-34)41-25-27-43(51-41)48(36-19-11-32(4)12-20-36)44-28-26-42(52-44)47(40-24-22-38(45)50-40)35-17-9-31(3)10-18-35;2*1-3-7-12(8-4-1)11-13-9-5-2-6-10-13;;;/h2*5-28H,1-4H3;2*1-10H;1H2;;/q2*-2;;;;;. The zero-order valence-electron chi connectivity index (χ0n) is 75.0. The molecule has 2 N–H and O–H groups in total. The Hall–Kier alpha value is -15.2. The van der Waals surface area contributed by atoms with E-state index in [1.165, 1.54) is 74.9 Å². The SMILES string of the molecule is Cc1ccc(-c2c3nc(c(-c4ccc(C)cc4)c4ccc([n-]4)c(-c4ccc(C)cc4)c4nc(c(-c5ccc(C)cc5)c5ccc2[n-]5)C=C4)C=C3)cc1.Cc1ccc(-c2c3nc(c(-c4ccc(C)cc4)c4ccc([n-]4)c(-c4ccc(C)cc4)c4nc(c(-c5ccc(C)cc5)c5ccc2[n-]5)C=C4)C=C3)cc1.O.[Os]=[C](c1ccccc1)c1ccccc1.[Os]=[C](c1ccccc1)c1ccccc1. The molecule has 0 amide bonds. The Balaban J connectivity index is 0.000000137. The molecule has 0 saturated carbocycles. The summed E-state index contributed by atoms with van der Waals surface area (Å²) in [5.74, 6) is 0. The number of nitrogens with zero attached hydrogens (tertiary/aromatic N) is 8. The van der Waals surface area contributed by atoms with Crippen LogP contribution in [0.2, 0.25) is 0 Å². The molecule has 0 saturated heterocycles. The van der Waals surface area contributed by atoms with Crippen molar-refractivity contribution in [2.45, 2.75) is 55.4 Å². The second kappa shape index (κ2) is 39.6. The van der Waals surface area contributed by atoms with E-state index in [9.17, 15) is 0 Å². The van der Waals surface area contributed by atoms with Crippen LogP contribution < -0.4 is 19.9 Å². The van der Waals surface area contributed by atoms with E-state index in [-0.39, 0.29) is 5.48 Å². The molecule has 9 nitrogen and oxygen atoms in total. The summed E-state index contributed by atoms with van der Waals surface area (Å²) in [4.78, 5) is 43.0. The Labute approximate surface area is 796 Å². The zero-order valence-corrected chi connectivity index (χ0v) is 80.1. The summed E-state index contributed by atoms with van der Waals surface area (Å²) in [6.07, 6.45) is 17.0. The van der Waals surface area contributed by atoms with Crippen molar-refractivity contribution in [3.63, 3.8) is 0 Å². The molecule has 133 heavy (non-hydrogen) atoms. The van der Waals surface area contributed by atoms with E-state index in [0.717, 1.165) is 179 Å². The predicted molar refractivity (Wildman–Crippen MR) is 551 cm³/mol. The van der Waals surface area contributed by atoms with Gasteiger partial charge in [0.15, 0.2) is 0 Å². The van der Waals surface area contributed by atoms with Gasteiger partial charge in [-0.05, 0) is 193 Å². The fourth-order valence-corrected chi connectivity index (χ4v) is 18.7. The molecule has 18 aromatic rings. The number of hydrogen-bond acceptors (Lipinski definition) is 4. The van der Waals surface area contributed by atoms with E-state index in [0.29, 0.717) is 0 Å². The van der Waals surface area contributed by atoms with Crippen LogP contribution in [0.15, 0.2) is 364 Å². The van der Waals surface area contributed by atoms with Gasteiger partial charge in [0.25, 0.3) is 0 Å². The van der Waals surface area contributed by atoms with Crippen LogP contribution in [0.4, 0.5) is 0 Å². The first-order valence-electron chi connectivity index (χ1n) is 44.4. The summed E-state index contributed by atoms with van der Waals surface area (Å²) < 4.78 is 2.71. The fraction of sp³-hybridized carbons (Fsp3) is 0.0656. The Morgan fingerprint density at radius 3 is 0.406 bits per heavy atom. The normalized spacial score (nSPS) is 11.5. The first-order chi connectivity index (χ1) is 64.5. The zero-order chi connectivity index (χ0) is 90.3. The maximum atomic E-state index is 5.37. The van der Waals surface area contributed by atoms with Gasteiger partial charge in [-0.25, -0.2) is 19.9 Å². The van der Waals surface area contributed by atoms with Crippen LogP contribution in [0.3, 0.4) is 0 Å².